The quantitative estimate of drug-likeness (QED) is 0.848. The van der Waals surface area contributed by atoms with E-state index in [9.17, 15) is 5.11 Å². The van der Waals surface area contributed by atoms with Crippen LogP contribution in [0.15, 0.2) is 30.3 Å². The summed E-state index contributed by atoms with van der Waals surface area (Å²) in [5, 5.41) is 10.4. The molecule has 88 valence electrons. The molecule has 2 rings (SSSR count). The third-order valence-corrected chi connectivity index (χ3v) is 3.36. The normalized spacial score (nSPS) is 30.2. The van der Waals surface area contributed by atoms with Crippen molar-refractivity contribution in [3.8, 4) is 0 Å². The Kier molecular flexibility index (Phi) is 3.62. The summed E-state index contributed by atoms with van der Waals surface area (Å²) in [4.78, 5) is 0. The summed E-state index contributed by atoms with van der Waals surface area (Å²) in [6, 6.07) is 10.4. The summed E-state index contributed by atoms with van der Waals surface area (Å²) >= 11 is 0. The van der Waals surface area contributed by atoms with E-state index in [1.807, 2.05) is 25.1 Å². The zero-order valence-electron chi connectivity index (χ0n) is 9.86. The van der Waals surface area contributed by atoms with Crippen molar-refractivity contribution in [3.05, 3.63) is 35.9 Å². The minimum atomic E-state index is -0.520. The lowest BCUT2D eigenvalue weighted by Crippen LogP contribution is -2.40. The lowest BCUT2D eigenvalue weighted by molar-refractivity contribution is -0.100. The van der Waals surface area contributed by atoms with Crippen molar-refractivity contribution in [2.75, 3.05) is 6.61 Å². The third-order valence-electron chi connectivity index (χ3n) is 3.36. The minimum absolute atomic E-state index is 0.189. The third kappa shape index (κ3) is 3.06. The van der Waals surface area contributed by atoms with Crippen molar-refractivity contribution in [2.24, 2.45) is 0 Å². The van der Waals surface area contributed by atoms with Gasteiger partial charge in [0, 0.05) is 13.0 Å². The molecule has 0 spiro atoms. The van der Waals surface area contributed by atoms with Gasteiger partial charge in [0.05, 0.1) is 11.7 Å². The van der Waals surface area contributed by atoms with Gasteiger partial charge in [-0.2, -0.15) is 0 Å². The van der Waals surface area contributed by atoms with Gasteiger partial charge in [0.1, 0.15) is 0 Å². The highest BCUT2D eigenvalue weighted by molar-refractivity contribution is 5.15. The zero-order valence-corrected chi connectivity index (χ0v) is 9.86. The van der Waals surface area contributed by atoms with E-state index in [2.05, 4.69) is 12.1 Å². The maximum atomic E-state index is 10.4. The first-order chi connectivity index (χ1) is 7.68. The van der Waals surface area contributed by atoms with E-state index in [1.54, 1.807) is 0 Å². The van der Waals surface area contributed by atoms with Gasteiger partial charge in [-0.25, -0.2) is 0 Å². The van der Waals surface area contributed by atoms with Gasteiger partial charge in [-0.3, -0.25) is 0 Å². The van der Waals surface area contributed by atoms with Crippen LogP contribution in [0.2, 0.25) is 0 Å². The SMILES string of the molecule is CC1CC(O)(CCc2ccccc2)CCO1. The molecule has 2 nitrogen and oxygen atoms in total. The molecule has 1 aromatic carbocycles. The second kappa shape index (κ2) is 4.98. The number of ether oxygens (including phenoxy) is 1. The van der Waals surface area contributed by atoms with Gasteiger partial charge in [0.25, 0.3) is 0 Å². The van der Waals surface area contributed by atoms with Gasteiger partial charge < -0.3 is 9.84 Å². The fourth-order valence-corrected chi connectivity index (χ4v) is 2.39. The van der Waals surface area contributed by atoms with Crippen LogP contribution in [0.1, 0.15) is 31.7 Å². The number of hydrogen-bond donors (Lipinski definition) is 1. The number of aliphatic hydroxyl groups is 1. The Morgan fingerprint density at radius 3 is 2.81 bits per heavy atom. The minimum Gasteiger partial charge on any atom is -0.390 e. The molecule has 1 heterocycles. The summed E-state index contributed by atoms with van der Waals surface area (Å²) in [6.45, 7) is 2.72. The highest BCUT2D eigenvalue weighted by Gasteiger charge is 2.32. The molecular weight excluding hydrogens is 200 g/mol. The van der Waals surface area contributed by atoms with Gasteiger partial charge in [0.15, 0.2) is 0 Å². The van der Waals surface area contributed by atoms with Crippen LogP contribution in [0, 0.1) is 0 Å². The first-order valence-corrected chi connectivity index (χ1v) is 6.06. The van der Waals surface area contributed by atoms with Gasteiger partial charge in [-0.15, -0.1) is 0 Å². The van der Waals surface area contributed by atoms with Crippen molar-refractivity contribution >= 4 is 0 Å². The van der Waals surface area contributed by atoms with Crippen LogP contribution in [0.3, 0.4) is 0 Å². The molecule has 2 atom stereocenters. The van der Waals surface area contributed by atoms with E-state index in [0.717, 1.165) is 25.7 Å². The predicted octanol–water partition coefficient (Wildman–Crippen LogP) is 2.55. The Labute approximate surface area is 97.3 Å². The Hall–Kier alpha value is -0.860. The van der Waals surface area contributed by atoms with Crippen molar-refractivity contribution in [1.29, 1.82) is 0 Å². The molecule has 2 heteroatoms. The Morgan fingerprint density at radius 1 is 1.38 bits per heavy atom. The van der Waals surface area contributed by atoms with Gasteiger partial charge in [-0.05, 0) is 31.7 Å². The molecule has 2 unspecified atom stereocenters. The van der Waals surface area contributed by atoms with E-state index in [4.69, 9.17) is 4.74 Å². The molecular formula is C14H20O2. The smallest absolute Gasteiger partial charge is 0.0697 e. The van der Waals surface area contributed by atoms with Crippen LogP contribution in [0.4, 0.5) is 0 Å². The number of aryl methyl sites for hydroxylation is 1. The van der Waals surface area contributed by atoms with Crippen LogP contribution < -0.4 is 0 Å². The Morgan fingerprint density at radius 2 is 2.12 bits per heavy atom. The van der Waals surface area contributed by atoms with E-state index in [0.29, 0.717) is 6.61 Å². The number of rotatable bonds is 3. The maximum Gasteiger partial charge on any atom is 0.0697 e. The summed E-state index contributed by atoms with van der Waals surface area (Å²) in [7, 11) is 0. The molecule has 0 aromatic heterocycles. The molecule has 1 aromatic rings. The second-order valence-electron chi connectivity index (χ2n) is 4.85. The maximum absolute atomic E-state index is 10.4. The van der Waals surface area contributed by atoms with E-state index < -0.39 is 5.60 Å². The van der Waals surface area contributed by atoms with E-state index >= 15 is 0 Å². The molecule has 1 aliphatic heterocycles. The Bertz CT molecular complexity index is 323. The molecule has 0 amide bonds. The van der Waals surface area contributed by atoms with Crippen molar-refractivity contribution in [1.82, 2.24) is 0 Å². The predicted molar refractivity (Wildman–Crippen MR) is 64.4 cm³/mol. The van der Waals surface area contributed by atoms with Crippen LogP contribution in [-0.4, -0.2) is 23.4 Å². The second-order valence-corrected chi connectivity index (χ2v) is 4.85. The molecule has 0 bridgehead atoms. The first-order valence-electron chi connectivity index (χ1n) is 6.06. The van der Waals surface area contributed by atoms with Gasteiger partial charge in [0.2, 0.25) is 0 Å². The lowest BCUT2D eigenvalue weighted by Gasteiger charge is -2.35. The van der Waals surface area contributed by atoms with E-state index in [1.165, 1.54) is 5.56 Å². The standard InChI is InChI=1S/C14H20O2/c1-12-11-14(15,9-10-16-12)8-7-13-5-3-2-4-6-13/h2-6,12,15H,7-11H2,1H3. The molecule has 0 radical (unpaired) electrons. The highest BCUT2D eigenvalue weighted by Crippen LogP contribution is 2.29. The topological polar surface area (TPSA) is 29.5 Å². The van der Waals surface area contributed by atoms with Gasteiger partial charge in [-0.1, -0.05) is 30.3 Å². The van der Waals surface area contributed by atoms with Crippen LogP contribution >= 0.6 is 0 Å². The Balaban J connectivity index is 1.89. The average molecular weight is 220 g/mol. The molecule has 0 aliphatic carbocycles. The molecule has 16 heavy (non-hydrogen) atoms. The average Bonchev–Trinajstić information content (AvgIpc) is 2.28. The van der Waals surface area contributed by atoms with Crippen molar-refractivity contribution in [3.63, 3.8) is 0 Å². The summed E-state index contributed by atoms with van der Waals surface area (Å²) in [5.74, 6) is 0. The highest BCUT2D eigenvalue weighted by atomic mass is 16.5. The monoisotopic (exact) mass is 220 g/mol. The molecule has 1 fully saturated rings. The number of hydrogen-bond acceptors (Lipinski definition) is 2. The largest absolute Gasteiger partial charge is 0.390 e. The molecule has 1 aliphatic rings. The zero-order chi connectivity index (χ0) is 11.4. The molecule has 1 N–H and O–H groups in total. The fraction of sp³-hybridized carbons (Fsp3) is 0.571. The summed E-state index contributed by atoms with van der Waals surface area (Å²) in [5.41, 5.74) is 0.781. The molecule has 1 saturated heterocycles. The van der Waals surface area contributed by atoms with Crippen LogP contribution in [-0.2, 0) is 11.2 Å². The van der Waals surface area contributed by atoms with Crippen molar-refractivity contribution in [2.45, 2.75) is 44.3 Å². The van der Waals surface area contributed by atoms with E-state index in [-0.39, 0.29) is 6.10 Å². The van der Waals surface area contributed by atoms with Crippen molar-refractivity contribution < 1.29 is 9.84 Å². The van der Waals surface area contributed by atoms with Crippen LogP contribution in [0.25, 0.3) is 0 Å². The summed E-state index contributed by atoms with van der Waals surface area (Å²) < 4.78 is 5.47. The van der Waals surface area contributed by atoms with Gasteiger partial charge >= 0.3 is 0 Å². The fourth-order valence-electron chi connectivity index (χ4n) is 2.39. The molecule has 0 saturated carbocycles. The summed E-state index contributed by atoms with van der Waals surface area (Å²) in [6.07, 6.45) is 3.51. The lowest BCUT2D eigenvalue weighted by atomic mass is 9.85. The number of benzene rings is 1. The first kappa shape index (κ1) is 11.6. The van der Waals surface area contributed by atoms with Crippen LogP contribution in [0.5, 0.6) is 0 Å².